The van der Waals surface area contributed by atoms with Crippen LogP contribution < -0.4 is 10.6 Å². The Hall–Kier alpha value is -0.530. The fraction of sp³-hybridized carbons (Fsp3) is 0.667. The number of nitrogens with two attached hydrogens (primary N) is 1. The van der Waals surface area contributed by atoms with Crippen LogP contribution in [0.1, 0.15) is 12.8 Å². The average molecular weight is 344 g/mol. The number of halogens is 1. The van der Waals surface area contributed by atoms with Crippen molar-refractivity contribution < 1.29 is 0 Å². The molecule has 2 fully saturated rings. The van der Waals surface area contributed by atoms with Crippen LogP contribution in [0.3, 0.4) is 0 Å². The third kappa shape index (κ3) is 2.32. The fourth-order valence-electron chi connectivity index (χ4n) is 3.02. The minimum Gasteiger partial charge on any atom is -0.383 e. The van der Waals surface area contributed by atoms with Gasteiger partial charge in [0.25, 0.3) is 0 Å². The van der Waals surface area contributed by atoms with Crippen LogP contribution in [0.5, 0.6) is 0 Å². The van der Waals surface area contributed by atoms with Crippen molar-refractivity contribution in [2.24, 2.45) is 0 Å². The Morgan fingerprint density at radius 3 is 2.47 bits per heavy atom. The quantitative estimate of drug-likeness (QED) is 0.653. The highest BCUT2D eigenvalue weighted by atomic mass is 79.9. The maximum Gasteiger partial charge on any atom is 0.191 e. The summed E-state index contributed by atoms with van der Waals surface area (Å²) in [6.45, 7) is 2.05. The van der Waals surface area contributed by atoms with E-state index in [-0.39, 0.29) is 0 Å². The number of nitrogen functional groups attached to an aromatic ring is 1. The van der Waals surface area contributed by atoms with Gasteiger partial charge in [-0.15, -0.1) is 0 Å². The van der Waals surface area contributed by atoms with E-state index in [0.29, 0.717) is 17.9 Å². The maximum absolute atomic E-state index is 5.97. The molecule has 3 rings (SSSR count). The van der Waals surface area contributed by atoms with Gasteiger partial charge in [-0.2, -0.15) is 0 Å². The number of fused-ring (bicyclic) bond motifs is 2. The molecule has 0 aromatic carbocycles. The van der Waals surface area contributed by atoms with Gasteiger partial charge in [0.15, 0.2) is 5.16 Å². The lowest BCUT2D eigenvalue weighted by Gasteiger charge is -2.39. The molecule has 104 valence electrons. The van der Waals surface area contributed by atoms with Gasteiger partial charge < -0.3 is 10.6 Å². The van der Waals surface area contributed by atoms with E-state index in [0.717, 1.165) is 28.5 Å². The summed E-state index contributed by atoms with van der Waals surface area (Å²) >= 11 is 5.07. The van der Waals surface area contributed by atoms with Gasteiger partial charge in [0.05, 0.1) is 0 Å². The normalized spacial score (nSPS) is 27.0. The zero-order valence-corrected chi connectivity index (χ0v) is 13.5. The van der Waals surface area contributed by atoms with Gasteiger partial charge in [0.2, 0.25) is 0 Å². The lowest BCUT2D eigenvalue weighted by molar-refractivity contribution is 0.211. The molecule has 2 aliphatic rings. The highest BCUT2D eigenvalue weighted by molar-refractivity contribution is 9.10. The number of thioether (sulfide) groups is 1. The van der Waals surface area contributed by atoms with Crippen molar-refractivity contribution >= 4 is 39.3 Å². The van der Waals surface area contributed by atoms with Crippen LogP contribution in [-0.2, 0) is 0 Å². The van der Waals surface area contributed by atoms with Crippen molar-refractivity contribution in [1.29, 1.82) is 0 Å². The van der Waals surface area contributed by atoms with Crippen molar-refractivity contribution in [3.63, 3.8) is 0 Å². The van der Waals surface area contributed by atoms with Crippen molar-refractivity contribution in [1.82, 2.24) is 14.9 Å². The second-order valence-electron chi connectivity index (χ2n) is 5.19. The molecule has 7 heteroatoms. The smallest absolute Gasteiger partial charge is 0.191 e. The van der Waals surface area contributed by atoms with Gasteiger partial charge in [-0.05, 0) is 42.1 Å². The van der Waals surface area contributed by atoms with Crippen molar-refractivity contribution in [3.05, 3.63) is 4.47 Å². The molecule has 0 amide bonds. The van der Waals surface area contributed by atoms with E-state index in [1.807, 2.05) is 6.26 Å². The lowest BCUT2D eigenvalue weighted by atomic mass is 10.2. The molecule has 0 aliphatic carbocycles. The predicted molar refractivity (Wildman–Crippen MR) is 82.7 cm³/mol. The molecule has 1 aromatic heterocycles. The van der Waals surface area contributed by atoms with E-state index < -0.39 is 0 Å². The third-order valence-corrected chi connectivity index (χ3v) is 5.48. The molecule has 0 spiro atoms. The molecule has 2 aliphatic heterocycles. The lowest BCUT2D eigenvalue weighted by Crippen LogP contribution is -2.52. The van der Waals surface area contributed by atoms with Crippen molar-refractivity contribution in [2.45, 2.75) is 30.1 Å². The van der Waals surface area contributed by atoms with Crippen LogP contribution in [0.2, 0.25) is 0 Å². The number of hydrogen-bond donors (Lipinski definition) is 1. The van der Waals surface area contributed by atoms with Gasteiger partial charge in [-0.1, -0.05) is 11.8 Å². The molecule has 1 aromatic rings. The Kier molecular flexibility index (Phi) is 3.61. The van der Waals surface area contributed by atoms with E-state index in [1.165, 1.54) is 24.6 Å². The van der Waals surface area contributed by atoms with Crippen LogP contribution in [0, 0.1) is 0 Å². The number of hydrogen-bond acceptors (Lipinski definition) is 6. The number of aromatic nitrogens is 2. The van der Waals surface area contributed by atoms with Crippen LogP contribution in [-0.4, -0.2) is 53.3 Å². The number of anilines is 2. The van der Waals surface area contributed by atoms with E-state index >= 15 is 0 Å². The molecule has 2 saturated heterocycles. The molecule has 3 heterocycles. The SMILES string of the molecule is CSc1nc(N)c(Br)c(N2CC3CCC(C2)N3C)n1. The first-order valence-corrected chi connectivity index (χ1v) is 8.45. The first kappa shape index (κ1) is 13.5. The van der Waals surface area contributed by atoms with Crippen LogP contribution >= 0.6 is 27.7 Å². The Morgan fingerprint density at radius 2 is 1.89 bits per heavy atom. The zero-order valence-electron chi connectivity index (χ0n) is 11.1. The average Bonchev–Trinajstić information content (AvgIpc) is 2.64. The van der Waals surface area contributed by atoms with E-state index in [9.17, 15) is 0 Å². The number of rotatable bonds is 2. The summed E-state index contributed by atoms with van der Waals surface area (Å²) in [6.07, 6.45) is 4.54. The topological polar surface area (TPSA) is 58.3 Å². The molecule has 2 unspecified atom stereocenters. The second-order valence-corrected chi connectivity index (χ2v) is 6.75. The Labute approximate surface area is 126 Å². The summed E-state index contributed by atoms with van der Waals surface area (Å²) in [5.41, 5.74) is 5.97. The monoisotopic (exact) mass is 343 g/mol. The highest BCUT2D eigenvalue weighted by Crippen LogP contribution is 2.36. The minimum absolute atomic E-state index is 0.528. The van der Waals surface area contributed by atoms with E-state index in [1.54, 1.807) is 0 Å². The Bertz CT molecular complexity index is 483. The van der Waals surface area contributed by atoms with E-state index in [2.05, 4.69) is 42.7 Å². The predicted octanol–water partition coefficient (Wildman–Crippen LogP) is 1.83. The minimum atomic E-state index is 0.528. The standard InChI is InChI=1S/C12H18BrN5S/c1-17-7-3-4-8(17)6-18(5-7)11-9(13)10(14)15-12(16-11)19-2/h7-8H,3-6H2,1-2H3,(H2,14,15,16). The molecule has 0 saturated carbocycles. The Balaban J connectivity index is 1.92. The summed E-state index contributed by atoms with van der Waals surface area (Å²) in [6, 6.07) is 1.28. The fourth-order valence-corrected chi connectivity index (χ4v) is 3.81. The van der Waals surface area contributed by atoms with Crippen LogP contribution in [0.15, 0.2) is 9.63 Å². The highest BCUT2D eigenvalue weighted by Gasteiger charge is 2.38. The van der Waals surface area contributed by atoms with Gasteiger partial charge in [0, 0.05) is 25.2 Å². The Morgan fingerprint density at radius 1 is 1.26 bits per heavy atom. The van der Waals surface area contributed by atoms with Gasteiger partial charge >= 0.3 is 0 Å². The summed E-state index contributed by atoms with van der Waals surface area (Å²) in [7, 11) is 2.23. The molecule has 2 bridgehead atoms. The summed E-state index contributed by atoms with van der Waals surface area (Å²) in [4.78, 5) is 13.7. The summed E-state index contributed by atoms with van der Waals surface area (Å²) in [5.74, 6) is 1.47. The van der Waals surface area contributed by atoms with Gasteiger partial charge in [0.1, 0.15) is 16.1 Å². The molecule has 5 nitrogen and oxygen atoms in total. The molecule has 2 N–H and O–H groups in total. The molecule has 0 radical (unpaired) electrons. The van der Waals surface area contributed by atoms with Gasteiger partial charge in [-0.25, -0.2) is 9.97 Å². The maximum atomic E-state index is 5.97. The van der Waals surface area contributed by atoms with Gasteiger partial charge in [-0.3, -0.25) is 4.90 Å². The molecular weight excluding hydrogens is 326 g/mol. The molecular formula is C12H18BrN5S. The second kappa shape index (κ2) is 5.10. The molecule has 19 heavy (non-hydrogen) atoms. The first-order chi connectivity index (χ1) is 9.10. The third-order valence-electron chi connectivity index (χ3n) is 4.17. The number of nitrogens with zero attached hydrogens (tertiary/aromatic N) is 4. The first-order valence-electron chi connectivity index (χ1n) is 6.44. The van der Waals surface area contributed by atoms with E-state index in [4.69, 9.17) is 5.73 Å². The molecule has 2 atom stereocenters. The number of piperazine rings is 1. The largest absolute Gasteiger partial charge is 0.383 e. The number of likely N-dealkylation sites (N-methyl/N-ethyl adjacent to an activating group) is 1. The van der Waals surface area contributed by atoms with Crippen LogP contribution in [0.4, 0.5) is 11.6 Å². The van der Waals surface area contributed by atoms with Crippen LogP contribution in [0.25, 0.3) is 0 Å². The van der Waals surface area contributed by atoms with Crippen molar-refractivity contribution in [3.8, 4) is 0 Å². The van der Waals surface area contributed by atoms with Crippen molar-refractivity contribution in [2.75, 3.05) is 37.0 Å². The summed E-state index contributed by atoms with van der Waals surface area (Å²) < 4.78 is 0.828. The zero-order chi connectivity index (χ0) is 13.6. The summed E-state index contributed by atoms with van der Waals surface area (Å²) in [5, 5.41) is 0.738.